The minimum atomic E-state index is -0.861. The fourth-order valence-electron chi connectivity index (χ4n) is 1.42. The maximum absolute atomic E-state index is 10.8. The van der Waals surface area contributed by atoms with Crippen molar-refractivity contribution in [1.29, 1.82) is 0 Å². The highest BCUT2D eigenvalue weighted by atomic mass is 35.5. The first-order chi connectivity index (χ1) is 8.41. The van der Waals surface area contributed by atoms with E-state index in [4.69, 9.17) is 16.7 Å². The molecule has 2 N–H and O–H groups in total. The van der Waals surface area contributed by atoms with Gasteiger partial charge in [-0.1, -0.05) is 31.5 Å². The second-order valence-electron chi connectivity index (χ2n) is 4.32. The summed E-state index contributed by atoms with van der Waals surface area (Å²) in [5, 5.41) is 12.9. The molecule has 100 valence electrons. The van der Waals surface area contributed by atoms with Crippen LogP contribution < -0.4 is 5.32 Å². The molecule has 0 aliphatic carbocycles. The van der Waals surface area contributed by atoms with Crippen LogP contribution in [0.3, 0.4) is 0 Å². The highest BCUT2D eigenvalue weighted by Gasteiger charge is 2.13. The molecule has 0 unspecified atom stereocenters. The van der Waals surface area contributed by atoms with E-state index in [2.05, 4.69) is 19.2 Å². The number of carboxylic acids is 1. The minimum absolute atomic E-state index is 0.458. The Kier molecular flexibility index (Phi) is 5.99. The Morgan fingerprint density at radius 1 is 1.44 bits per heavy atom. The van der Waals surface area contributed by atoms with Crippen molar-refractivity contribution in [1.82, 2.24) is 5.32 Å². The van der Waals surface area contributed by atoms with E-state index in [0.29, 0.717) is 16.8 Å². The molecule has 0 saturated carbocycles. The molecular weight excluding hydrogens is 270 g/mol. The maximum Gasteiger partial charge on any atom is 0.320 e. The van der Waals surface area contributed by atoms with Crippen molar-refractivity contribution >= 4 is 29.3 Å². The predicted molar refractivity (Wildman–Crippen MR) is 76.4 cm³/mol. The SMILES string of the molecule is CC(C)Sc1cccc(Cl)c1CN[C@@H](C)C(=O)O. The molecule has 0 aromatic heterocycles. The first kappa shape index (κ1) is 15.3. The summed E-state index contributed by atoms with van der Waals surface area (Å²) in [4.78, 5) is 11.9. The molecule has 0 spiro atoms. The van der Waals surface area contributed by atoms with Crippen molar-refractivity contribution < 1.29 is 9.90 Å². The van der Waals surface area contributed by atoms with Crippen LogP contribution in [0.15, 0.2) is 23.1 Å². The first-order valence-corrected chi connectivity index (χ1v) is 7.07. The van der Waals surface area contributed by atoms with Crippen LogP contribution in [0.5, 0.6) is 0 Å². The topological polar surface area (TPSA) is 49.3 Å². The zero-order valence-electron chi connectivity index (χ0n) is 10.7. The van der Waals surface area contributed by atoms with Gasteiger partial charge in [-0.05, 0) is 24.6 Å². The molecule has 0 aliphatic heterocycles. The van der Waals surface area contributed by atoms with E-state index in [1.165, 1.54) is 0 Å². The summed E-state index contributed by atoms with van der Waals surface area (Å²) in [6, 6.07) is 5.17. The monoisotopic (exact) mass is 287 g/mol. The molecule has 0 fully saturated rings. The van der Waals surface area contributed by atoms with E-state index >= 15 is 0 Å². The van der Waals surface area contributed by atoms with Crippen LogP contribution in [0.1, 0.15) is 26.3 Å². The average Bonchev–Trinajstić information content (AvgIpc) is 2.27. The summed E-state index contributed by atoms with van der Waals surface area (Å²) >= 11 is 7.90. The lowest BCUT2D eigenvalue weighted by Crippen LogP contribution is -2.33. The fourth-order valence-corrected chi connectivity index (χ4v) is 2.70. The van der Waals surface area contributed by atoms with E-state index in [-0.39, 0.29) is 0 Å². The van der Waals surface area contributed by atoms with Crippen LogP contribution in [0, 0.1) is 0 Å². The van der Waals surface area contributed by atoms with E-state index < -0.39 is 12.0 Å². The van der Waals surface area contributed by atoms with E-state index in [1.54, 1.807) is 18.7 Å². The smallest absolute Gasteiger partial charge is 0.320 e. The van der Waals surface area contributed by atoms with Crippen molar-refractivity contribution in [2.24, 2.45) is 0 Å². The van der Waals surface area contributed by atoms with Crippen LogP contribution >= 0.6 is 23.4 Å². The number of benzene rings is 1. The van der Waals surface area contributed by atoms with E-state index in [1.807, 2.05) is 18.2 Å². The Bertz CT molecular complexity index is 423. The number of carboxylic acid groups (broad SMARTS) is 1. The van der Waals surface area contributed by atoms with Crippen LogP contribution in [-0.2, 0) is 11.3 Å². The van der Waals surface area contributed by atoms with Gasteiger partial charge >= 0.3 is 5.97 Å². The van der Waals surface area contributed by atoms with Crippen LogP contribution in [-0.4, -0.2) is 22.4 Å². The van der Waals surface area contributed by atoms with Crippen molar-refractivity contribution in [3.63, 3.8) is 0 Å². The molecule has 5 heteroatoms. The van der Waals surface area contributed by atoms with E-state index in [0.717, 1.165) is 10.5 Å². The van der Waals surface area contributed by atoms with Crippen molar-refractivity contribution in [2.75, 3.05) is 0 Å². The Hall–Kier alpha value is -0.710. The third kappa shape index (κ3) is 4.52. The number of hydrogen-bond donors (Lipinski definition) is 2. The summed E-state index contributed by atoms with van der Waals surface area (Å²) in [5.41, 5.74) is 0.964. The van der Waals surface area contributed by atoms with Crippen LogP contribution in [0.25, 0.3) is 0 Å². The molecule has 0 radical (unpaired) electrons. The van der Waals surface area contributed by atoms with Gasteiger partial charge in [-0.25, -0.2) is 0 Å². The second-order valence-corrected chi connectivity index (χ2v) is 6.35. The quantitative estimate of drug-likeness (QED) is 0.787. The van der Waals surface area contributed by atoms with Gasteiger partial charge in [-0.15, -0.1) is 11.8 Å². The number of nitrogens with one attached hydrogen (secondary N) is 1. The molecule has 1 aromatic rings. The van der Waals surface area contributed by atoms with Gasteiger partial charge in [-0.3, -0.25) is 4.79 Å². The number of rotatable bonds is 6. The van der Waals surface area contributed by atoms with E-state index in [9.17, 15) is 4.79 Å². The van der Waals surface area contributed by atoms with Gasteiger partial charge in [0.1, 0.15) is 6.04 Å². The lowest BCUT2D eigenvalue weighted by atomic mass is 10.2. The van der Waals surface area contributed by atoms with Gasteiger partial charge in [0, 0.05) is 21.7 Å². The number of halogens is 1. The Morgan fingerprint density at radius 3 is 2.67 bits per heavy atom. The van der Waals surface area contributed by atoms with Gasteiger partial charge in [0.2, 0.25) is 0 Å². The lowest BCUT2D eigenvalue weighted by molar-refractivity contribution is -0.139. The standard InChI is InChI=1S/C13H18ClNO2S/c1-8(2)18-12-6-4-5-11(14)10(12)7-15-9(3)13(16)17/h4-6,8-9,15H,7H2,1-3H3,(H,16,17)/t9-/m0/s1. The summed E-state index contributed by atoms with van der Waals surface area (Å²) in [7, 11) is 0. The molecule has 0 saturated heterocycles. The minimum Gasteiger partial charge on any atom is -0.480 e. The molecule has 0 amide bonds. The zero-order valence-corrected chi connectivity index (χ0v) is 12.3. The molecule has 18 heavy (non-hydrogen) atoms. The summed E-state index contributed by atoms with van der Waals surface area (Å²) in [5.74, 6) is -0.861. The Morgan fingerprint density at radius 2 is 2.11 bits per heavy atom. The summed E-state index contributed by atoms with van der Waals surface area (Å²) in [6.45, 7) is 6.31. The first-order valence-electron chi connectivity index (χ1n) is 5.82. The average molecular weight is 288 g/mol. The number of aliphatic carboxylic acids is 1. The number of thioether (sulfide) groups is 1. The second kappa shape index (κ2) is 7.02. The molecule has 1 rings (SSSR count). The molecule has 3 nitrogen and oxygen atoms in total. The largest absolute Gasteiger partial charge is 0.480 e. The highest BCUT2D eigenvalue weighted by molar-refractivity contribution is 8.00. The van der Waals surface area contributed by atoms with Gasteiger partial charge in [0.25, 0.3) is 0 Å². The normalized spacial score (nSPS) is 12.7. The molecule has 1 atom stereocenters. The van der Waals surface area contributed by atoms with Gasteiger partial charge in [-0.2, -0.15) is 0 Å². The van der Waals surface area contributed by atoms with Crippen LogP contribution in [0.4, 0.5) is 0 Å². The molecule has 0 heterocycles. The maximum atomic E-state index is 10.8. The zero-order chi connectivity index (χ0) is 13.7. The van der Waals surface area contributed by atoms with Crippen molar-refractivity contribution in [3.8, 4) is 0 Å². The highest BCUT2D eigenvalue weighted by Crippen LogP contribution is 2.31. The Labute approximate surface area is 117 Å². The van der Waals surface area contributed by atoms with Gasteiger partial charge in [0.05, 0.1) is 0 Å². The van der Waals surface area contributed by atoms with Crippen molar-refractivity contribution in [3.05, 3.63) is 28.8 Å². The van der Waals surface area contributed by atoms with Gasteiger partial charge < -0.3 is 10.4 Å². The lowest BCUT2D eigenvalue weighted by Gasteiger charge is -2.15. The predicted octanol–water partition coefficient (Wildman–Crippen LogP) is 3.40. The molecule has 0 bridgehead atoms. The van der Waals surface area contributed by atoms with Gasteiger partial charge in [0.15, 0.2) is 0 Å². The number of carbonyl (C=O) groups is 1. The third-order valence-corrected chi connectivity index (χ3v) is 3.86. The third-order valence-electron chi connectivity index (χ3n) is 2.39. The molecule has 1 aromatic carbocycles. The van der Waals surface area contributed by atoms with Crippen LogP contribution in [0.2, 0.25) is 5.02 Å². The number of hydrogen-bond acceptors (Lipinski definition) is 3. The summed E-state index contributed by atoms with van der Waals surface area (Å²) < 4.78 is 0. The Balaban J connectivity index is 2.82. The molecule has 0 aliphatic rings. The fraction of sp³-hybridized carbons (Fsp3) is 0.462. The molecular formula is C13H18ClNO2S. The van der Waals surface area contributed by atoms with Crippen molar-refractivity contribution in [2.45, 2.75) is 43.5 Å². The summed E-state index contributed by atoms with van der Waals surface area (Å²) in [6.07, 6.45) is 0.